The number of halogens is 1. The van der Waals surface area contributed by atoms with Crippen LogP contribution in [-0.4, -0.2) is 41.1 Å². The van der Waals surface area contributed by atoms with Crippen molar-refractivity contribution < 1.29 is 23.4 Å². The van der Waals surface area contributed by atoms with Gasteiger partial charge in [0.2, 0.25) is 0 Å². The molecule has 0 aliphatic heterocycles. The Kier molecular flexibility index (Phi) is 5.65. The van der Waals surface area contributed by atoms with Crippen molar-refractivity contribution in [2.75, 3.05) is 20.3 Å². The second-order valence-corrected chi connectivity index (χ2v) is 5.53. The standard InChI is InChI=1S/C19H18FN3O4/c1-13-21-18(22-23(13)15-5-3-14(20)4-6-15)19(24)27-12-11-26-17-9-7-16(25-2)8-10-17/h3-10H,11-12H2,1-2H3. The summed E-state index contributed by atoms with van der Waals surface area (Å²) >= 11 is 0. The van der Waals surface area contributed by atoms with Crippen LogP contribution >= 0.6 is 0 Å². The summed E-state index contributed by atoms with van der Waals surface area (Å²) in [6.07, 6.45) is 0. The van der Waals surface area contributed by atoms with Gasteiger partial charge in [-0.15, -0.1) is 5.10 Å². The summed E-state index contributed by atoms with van der Waals surface area (Å²) in [6, 6.07) is 12.8. The molecular formula is C19H18FN3O4. The maximum absolute atomic E-state index is 13.0. The van der Waals surface area contributed by atoms with Gasteiger partial charge >= 0.3 is 5.97 Å². The Balaban J connectivity index is 1.53. The summed E-state index contributed by atoms with van der Waals surface area (Å²) in [5.74, 6) is 0.781. The predicted molar refractivity (Wildman–Crippen MR) is 94.8 cm³/mol. The highest BCUT2D eigenvalue weighted by atomic mass is 19.1. The number of carbonyl (C=O) groups excluding carboxylic acids is 1. The average molecular weight is 371 g/mol. The van der Waals surface area contributed by atoms with E-state index < -0.39 is 5.97 Å². The summed E-state index contributed by atoms with van der Waals surface area (Å²) in [7, 11) is 1.59. The molecule has 8 heteroatoms. The van der Waals surface area contributed by atoms with Gasteiger partial charge in [-0.3, -0.25) is 0 Å². The van der Waals surface area contributed by atoms with Gasteiger partial charge in [-0.25, -0.2) is 18.9 Å². The van der Waals surface area contributed by atoms with Crippen molar-refractivity contribution in [1.29, 1.82) is 0 Å². The molecule has 27 heavy (non-hydrogen) atoms. The van der Waals surface area contributed by atoms with Crippen molar-refractivity contribution in [3.05, 3.63) is 66.0 Å². The molecule has 0 spiro atoms. The SMILES string of the molecule is COc1ccc(OCCOC(=O)c2nc(C)n(-c3ccc(F)cc3)n2)cc1. The van der Waals surface area contributed by atoms with Crippen LogP contribution in [0.3, 0.4) is 0 Å². The number of benzene rings is 2. The Labute approximate surface area is 155 Å². The van der Waals surface area contributed by atoms with Crippen LogP contribution in [0.25, 0.3) is 5.69 Å². The van der Waals surface area contributed by atoms with Crippen molar-refractivity contribution in [2.45, 2.75) is 6.92 Å². The Morgan fingerprint density at radius 3 is 2.37 bits per heavy atom. The second-order valence-electron chi connectivity index (χ2n) is 5.53. The van der Waals surface area contributed by atoms with Gasteiger partial charge in [-0.2, -0.15) is 0 Å². The van der Waals surface area contributed by atoms with Crippen LogP contribution in [0.5, 0.6) is 11.5 Å². The van der Waals surface area contributed by atoms with Crippen LogP contribution in [0, 0.1) is 12.7 Å². The minimum absolute atomic E-state index is 0.0506. The van der Waals surface area contributed by atoms with Gasteiger partial charge in [-0.05, 0) is 55.5 Å². The minimum atomic E-state index is -0.655. The molecular weight excluding hydrogens is 353 g/mol. The molecule has 140 valence electrons. The van der Waals surface area contributed by atoms with Crippen LogP contribution in [0.4, 0.5) is 4.39 Å². The lowest BCUT2D eigenvalue weighted by Crippen LogP contribution is -2.14. The molecule has 0 aliphatic carbocycles. The first-order valence-corrected chi connectivity index (χ1v) is 8.20. The molecule has 3 aromatic rings. The Morgan fingerprint density at radius 2 is 1.70 bits per heavy atom. The number of esters is 1. The summed E-state index contributed by atoms with van der Waals surface area (Å²) in [6.45, 7) is 1.94. The highest BCUT2D eigenvalue weighted by Gasteiger charge is 2.16. The van der Waals surface area contributed by atoms with E-state index in [1.54, 1.807) is 50.4 Å². The van der Waals surface area contributed by atoms with E-state index in [1.165, 1.54) is 16.8 Å². The van der Waals surface area contributed by atoms with E-state index >= 15 is 0 Å². The van der Waals surface area contributed by atoms with Gasteiger partial charge in [0.05, 0.1) is 12.8 Å². The quantitative estimate of drug-likeness (QED) is 0.470. The zero-order valence-electron chi connectivity index (χ0n) is 14.9. The fourth-order valence-corrected chi connectivity index (χ4v) is 2.33. The normalized spacial score (nSPS) is 10.5. The second kappa shape index (κ2) is 8.31. The Hall–Kier alpha value is -3.42. The van der Waals surface area contributed by atoms with Crippen LogP contribution in [-0.2, 0) is 4.74 Å². The molecule has 0 amide bonds. The molecule has 1 aromatic heterocycles. The molecule has 0 fully saturated rings. The van der Waals surface area contributed by atoms with Crippen molar-refractivity contribution in [3.8, 4) is 17.2 Å². The molecule has 3 rings (SSSR count). The van der Waals surface area contributed by atoms with E-state index in [-0.39, 0.29) is 24.9 Å². The van der Waals surface area contributed by atoms with Crippen LogP contribution < -0.4 is 9.47 Å². The maximum atomic E-state index is 13.0. The van der Waals surface area contributed by atoms with Gasteiger partial charge in [0.15, 0.2) is 0 Å². The zero-order chi connectivity index (χ0) is 19.2. The summed E-state index contributed by atoms with van der Waals surface area (Å²) < 4.78 is 30.2. The Bertz CT molecular complexity index is 908. The lowest BCUT2D eigenvalue weighted by Gasteiger charge is -2.07. The van der Waals surface area contributed by atoms with E-state index in [0.29, 0.717) is 17.3 Å². The summed E-state index contributed by atoms with van der Waals surface area (Å²) in [5, 5.41) is 4.12. The zero-order valence-corrected chi connectivity index (χ0v) is 14.9. The number of carbonyl (C=O) groups is 1. The first-order valence-electron chi connectivity index (χ1n) is 8.20. The largest absolute Gasteiger partial charge is 0.497 e. The molecule has 7 nitrogen and oxygen atoms in total. The number of methoxy groups -OCH3 is 1. The molecule has 0 aliphatic rings. The molecule has 0 saturated heterocycles. The number of rotatable bonds is 7. The number of ether oxygens (including phenoxy) is 3. The molecule has 0 radical (unpaired) electrons. The van der Waals surface area contributed by atoms with Crippen LogP contribution in [0.15, 0.2) is 48.5 Å². The Morgan fingerprint density at radius 1 is 1.04 bits per heavy atom. The van der Waals surface area contributed by atoms with E-state index in [0.717, 1.165) is 5.75 Å². The van der Waals surface area contributed by atoms with Gasteiger partial charge < -0.3 is 14.2 Å². The average Bonchev–Trinajstić information content (AvgIpc) is 3.08. The highest BCUT2D eigenvalue weighted by molar-refractivity contribution is 5.85. The van der Waals surface area contributed by atoms with E-state index in [4.69, 9.17) is 14.2 Å². The third-order valence-electron chi connectivity index (χ3n) is 3.67. The fourth-order valence-electron chi connectivity index (χ4n) is 2.33. The number of nitrogens with zero attached hydrogens (tertiary/aromatic N) is 3. The van der Waals surface area contributed by atoms with Gasteiger partial charge in [0.1, 0.15) is 36.4 Å². The molecule has 0 bridgehead atoms. The lowest BCUT2D eigenvalue weighted by atomic mass is 10.3. The molecule has 0 N–H and O–H groups in total. The summed E-state index contributed by atoms with van der Waals surface area (Å²) in [5.41, 5.74) is 0.600. The van der Waals surface area contributed by atoms with Gasteiger partial charge in [-0.1, -0.05) is 0 Å². The molecule has 1 heterocycles. The number of hydrogen-bond donors (Lipinski definition) is 0. The van der Waals surface area contributed by atoms with Crippen molar-refractivity contribution >= 4 is 5.97 Å². The van der Waals surface area contributed by atoms with E-state index in [2.05, 4.69) is 10.1 Å². The molecule has 0 atom stereocenters. The maximum Gasteiger partial charge on any atom is 0.378 e. The third-order valence-corrected chi connectivity index (χ3v) is 3.67. The van der Waals surface area contributed by atoms with E-state index in [9.17, 15) is 9.18 Å². The van der Waals surface area contributed by atoms with Crippen molar-refractivity contribution in [1.82, 2.24) is 14.8 Å². The van der Waals surface area contributed by atoms with Crippen molar-refractivity contribution in [2.24, 2.45) is 0 Å². The topological polar surface area (TPSA) is 75.5 Å². The van der Waals surface area contributed by atoms with Crippen LogP contribution in [0.1, 0.15) is 16.4 Å². The van der Waals surface area contributed by atoms with E-state index in [1.807, 2.05) is 0 Å². The molecule has 2 aromatic carbocycles. The minimum Gasteiger partial charge on any atom is -0.497 e. The lowest BCUT2D eigenvalue weighted by molar-refractivity contribution is 0.0436. The monoisotopic (exact) mass is 371 g/mol. The van der Waals surface area contributed by atoms with Crippen LogP contribution in [0.2, 0.25) is 0 Å². The number of aromatic nitrogens is 3. The number of aryl methyl sites for hydroxylation is 1. The van der Waals surface area contributed by atoms with Gasteiger partial charge in [0, 0.05) is 0 Å². The molecule has 0 saturated carbocycles. The van der Waals surface area contributed by atoms with Gasteiger partial charge in [0.25, 0.3) is 5.82 Å². The van der Waals surface area contributed by atoms with Crippen molar-refractivity contribution in [3.63, 3.8) is 0 Å². The third kappa shape index (κ3) is 4.60. The predicted octanol–water partition coefficient (Wildman–Crippen LogP) is 2.96. The highest BCUT2D eigenvalue weighted by Crippen LogP contribution is 2.17. The number of hydrogen-bond acceptors (Lipinski definition) is 6. The first kappa shape index (κ1) is 18.4. The molecule has 0 unspecified atom stereocenters. The first-order chi connectivity index (χ1) is 13.1. The fraction of sp³-hybridized carbons (Fsp3) is 0.211. The summed E-state index contributed by atoms with van der Waals surface area (Å²) in [4.78, 5) is 16.2. The smallest absolute Gasteiger partial charge is 0.378 e.